The van der Waals surface area contributed by atoms with Crippen LogP contribution in [0.15, 0.2) is 24.3 Å². The third-order valence-electron chi connectivity index (χ3n) is 2.29. The van der Waals surface area contributed by atoms with Crippen molar-refractivity contribution >= 4 is 0 Å². The van der Waals surface area contributed by atoms with Crippen molar-refractivity contribution in [2.75, 3.05) is 13.7 Å². The Hall–Kier alpha value is -1.22. The van der Waals surface area contributed by atoms with Crippen molar-refractivity contribution in [3.05, 3.63) is 24.3 Å². The molecule has 0 bridgehead atoms. The fraction of sp³-hybridized carbons (Fsp3) is 0.500. The monoisotopic (exact) mass is 209 g/mol. The predicted octanol–water partition coefficient (Wildman–Crippen LogP) is 2.20. The van der Waals surface area contributed by atoms with Gasteiger partial charge in [0.05, 0.1) is 13.2 Å². The fourth-order valence-electron chi connectivity index (χ4n) is 1.40. The molecule has 0 radical (unpaired) electrons. The van der Waals surface area contributed by atoms with Gasteiger partial charge in [-0.2, -0.15) is 0 Å². The number of nitrogens with two attached hydrogens (primary N) is 1. The number of ether oxygens (including phenoxy) is 2. The number of methoxy groups -OCH3 is 1. The van der Waals surface area contributed by atoms with Crippen LogP contribution in [0.3, 0.4) is 0 Å². The van der Waals surface area contributed by atoms with Gasteiger partial charge in [-0.25, -0.2) is 0 Å². The van der Waals surface area contributed by atoms with Crippen molar-refractivity contribution in [3.63, 3.8) is 0 Å². The summed E-state index contributed by atoms with van der Waals surface area (Å²) in [6.07, 6.45) is 2.05. The summed E-state index contributed by atoms with van der Waals surface area (Å²) in [4.78, 5) is 0. The highest BCUT2D eigenvalue weighted by molar-refractivity contribution is 5.32. The summed E-state index contributed by atoms with van der Waals surface area (Å²) in [5.74, 6) is 1.66. The average Bonchev–Trinajstić information content (AvgIpc) is 2.29. The van der Waals surface area contributed by atoms with Crippen LogP contribution >= 0.6 is 0 Å². The Morgan fingerprint density at radius 2 is 2.07 bits per heavy atom. The molecule has 0 fully saturated rings. The zero-order valence-electron chi connectivity index (χ0n) is 9.40. The van der Waals surface area contributed by atoms with E-state index >= 15 is 0 Å². The molecule has 2 N–H and O–H groups in total. The van der Waals surface area contributed by atoms with Crippen LogP contribution in [0, 0.1) is 0 Å². The Balaban J connectivity index is 2.61. The topological polar surface area (TPSA) is 44.5 Å². The third kappa shape index (κ3) is 3.80. The molecule has 3 heteroatoms. The minimum Gasteiger partial charge on any atom is -0.497 e. The molecule has 0 aromatic heterocycles. The Kier molecular flexibility index (Phi) is 4.98. The first-order valence-electron chi connectivity index (χ1n) is 5.31. The molecule has 0 aliphatic heterocycles. The summed E-state index contributed by atoms with van der Waals surface area (Å²) in [5, 5.41) is 0. The van der Waals surface area contributed by atoms with E-state index in [4.69, 9.17) is 15.2 Å². The van der Waals surface area contributed by atoms with Gasteiger partial charge in [-0.05, 0) is 31.5 Å². The molecule has 0 aliphatic rings. The highest BCUT2D eigenvalue weighted by Gasteiger charge is 2.07. The van der Waals surface area contributed by atoms with Crippen LogP contribution in [0.2, 0.25) is 0 Å². The van der Waals surface area contributed by atoms with E-state index in [1.807, 2.05) is 24.3 Å². The van der Waals surface area contributed by atoms with E-state index < -0.39 is 0 Å². The van der Waals surface area contributed by atoms with E-state index in [0.717, 1.165) is 24.3 Å². The maximum atomic E-state index is 5.79. The van der Waals surface area contributed by atoms with E-state index in [0.29, 0.717) is 6.54 Å². The molecule has 0 amide bonds. The second kappa shape index (κ2) is 6.30. The minimum absolute atomic E-state index is 0.196. The van der Waals surface area contributed by atoms with Crippen LogP contribution in [-0.4, -0.2) is 19.8 Å². The van der Waals surface area contributed by atoms with Crippen LogP contribution in [0.4, 0.5) is 0 Å². The van der Waals surface area contributed by atoms with E-state index in [-0.39, 0.29) is 6.10 Å². The van der Waals surface area contributed by atoms with E-state index in [9.17, 15) is 0 Å². The molecule has 0 spiro atoms. The smallest absolute Gasteiger partial charge is 0.123 e. The first-order chi connectivity index (χ1) is 7.30. The molecule has 84 valence electrons. The number of hydrogen-bond acceptors (Lipinski definition) is 3. The van der Waals surface area contributed by atoms with Gasteiger partial charge in [0, 0.05) is 6.07 Å². The molecule has 1 aromatic carbocycles. The Labute approximate surface area is 91.2 Å². The van der Waals surface area contributed by atoms with Gasteiger partial charge in [-0.15, -0.1) is 0 Å². The standard InChI is InChI=1S/C12H19NO2/c1-3-10(7-8-13)15-12-6-4-5-11(9-12)14-2/h4-6,9-10H,3,7-8,13H2,1-2H3. The second-order valence-corrected chi connectivity index (χ2v) is 3.40. The highest BCUT2D eigenvalue weighted by atomic mass is 16.5. The molecule has 1 unspecified atom stereocenters. The van der Waals surface area contributed by atoms with Gasteiger partial charge in [-0.3, -0.25) is 0 Å². The van der Waals surface area contributed by atoms with Gasteiger partial charge in [0.15, 0.2) is 0 Å². The third-order valence-corrected chi connectivity index (χ3v) is 2.29. The Bertz CT molecular complexity index is 289. The van der Waals surface area contributed by atoms with Crippen molar-refractivity contribution < 1.29 is 9.47 Å². The molecule has 1 atom stereocenters. The van der Waals surface area contributed by atoms with E-state index in [1.54, 1.807) is 7.11 Å². The van der Waals surface area contributed by atoms with Crippen molar-refractivity contribution in [2.45, 2.75) is 25.9 Å². The number of hydrogen-bond donors (Lipinski definition) is 1. The van der Waals surface area contributed by atoms with Gasteiger partial charge >= 0.3 is 0 Å². The first kappa shape index (κ1) is 11.9. The molecular weight excluding hydrogens is 190 g/mol. The second-order valence-electron chi connectivity index (χ2n) is 3.40. The van der Waals surface area contributed by atoms with Crippen molar-refractivity contribution in [2.24, 2.45) is 5.73 Å². The van der Waals surface area contributed by atoms with Crippen molar-refractivity contribution in [1.29, 1.82) is 0 Å². The van der Waals surface area contributed by atoms with E-state index in [2.05, 4.69) is 6.92 Å². The number of rotatable bonds is 6. The predicted molar refractivity (Wildman–Crippen MR) is 61.4 cm³/mol. The lowest BCUT2D eigenvalue weighted by molar-refractivity contribution is 0.189. The molecule has 0 saturated heterocycles. The Morgan fingerprint density at radius 3 is 2.67 bits per heavy atom. The maximum absolute atomic E-state index is 5.79. The molecule has 1 aromatic rings. The molecule has 0 saturated carbocycles. The summed E-state index contributed by atoms with van der Waals surface area (Å²) in [7, 11) is 1.65. The van der Waals surface area contributed by atoms with Crippen LogP contribution < -0.4 is 15.2 Å². The zero-order chi connectivity index (χ0) is 11.1. The SMILES string of the molecule is CCC(CCN)Oc1cccc(OC)c1. The van der Waals surface area contributed by atoms with Gasteiger partial charge in [-0.1, -0.05) is 13.0 Å². The molecule has 0 aliphatic carbocycles. The molecular formula is C12H19NO2. The molecule has 3 nitrogen and oxygen atoms in total. The summed E-state index contributed by atoms with van der Waals surface area (Å²) in [6.45, 7) is 2.75. The largest absolute Gasteiger partial charge is 0.497 e. The summed E-state index contributed by atoms with van der Waals surface area (Å²) in [6, 6.07) is 7.64. The van der Waals surface area contributed by atoms with Gasteiger partial charge < -0.3 is 15.2 Å². The van der Waals surface area contributed by atoms with E-state index in [1.165, 1.54) is 0 Å². The first-order valence-corrected chi connectivity index (χ1v) is 5.31. The molecule has 1 rings (SSSR count). The van der Waals surface area contributed by atoms with Gasteiger partial charge in [0.2, 0.25) is 0 Å². The van der Waals surface area contributed by atoms with Crippen LogP contribution in [0.1, 0.15) is 19.8 Å². The summed E-state index contributed by atoms with van der Waals surface area (Å²) in [5.41, 5.74) is 5.51. The number of benzene rings is 1. The van der Waals surface area contributed by atoms with Crippen LogP contribution in [-0.2, 0) is 0 Å². The quantitative estimate of drug-likeness (QED) is 0.781. The van der Waals surface area contributed by atoms with Crippen LogP contribution in [0.5, 0.6) is 11.5 Å². The van der Waals surface area contributed by atoms with Crippen molar-refractivity contribution in [3.8, 4) is 11.5 Å². The Morgan fingerprint density at radius 1 is 1.33 bits per heavy atom. The lowest BCUT2D eigenvalue weighted by atomic mass is 10.2. The highest BCUT2D eigenvalue weighted by Crippen LogP contribution is 2.21. The van der Waals surface area contributed by atoms with Gasteiger partial charge in [0.25, 0.3) is 0 Å². The minimum atomic E-state index is 0.196. The summed E-state index contributed by atoms with van der Waals surface area (Å²) >= 11 is 0. The van der Waals surface area contributed by atoms with Crippen LogP contribution in [0.25, 0.3) is 0 Å². The lowest BCUT2D eigenvalue weighted by Crippen LogP contribution is -2.19. The van der Waals surface area contributed by atoms with Crippen molar-refractivity contribution in [1.82, 2.24) is 0 Å². The van der Waals surface area contributed by atoms with Gasteiger partial charge in [0.1, 0.15) is 11.5 Å². The zero-order valence-corrected chi connectivity index (χ0v) is 9.40. The average molecular weight is 209 g/mol. The molecule has 0 heterocycles. The maximum Gasteiger partial charge on any atom is 0.123 e. The normalized spacial score (nSPS) is 12.2. The molecule has 15 heavy (non-hydrogen) atoms. The lowest BCUT2D eigenvalue weighted by Gasteiger charge is -2.16. The summed E-state index contributed by atoms with van der Waals surface area (Å²) < 4.78 is 10.9. The fourth-order valence-corrected chi connectivity index (χ4v) is 1.40.